The standard InChI is InChI=1S/C20H36O6/c1-17(2,22)13-8-10-20(5,25-13)16-9-11-19(4,26-16)15-7-6-14(24-15)18(3,23)12-21/h13-16,21-23H,6-12H2,1-5H3/t13-,14-,15-,16+,18+,19+,20-/m0/s1. The van der Waals surface area contributed by atoms with Crippen LogP contribution in [0.5, 0.6) is 0 Å². The van der Waals surface area contributed by atoms with E-state index >= 15 is 0 Å². The molecule has 0 unspecified atom stereocenters. The molecule has 152 valence electrons. The van der Waals surface area contributed by atoms with E-state index in [-0.39, 0.29) is 31.0 Å². The monoisotopic (exact) mass is 372 g/mol. The highest BCUT2D eigenvalue weighted by atomic mass is 16.6. The fourth-order valence-corrected chi connectivity index (χ4v) is 4.77. The molecule has 0 radical (unpaired) electrons. The molecule has 3 fully saturated rings. The molecule has 0 aromatic carbocycles. The Labute approximate surface area is 156 Å². The normalized spacial score (nSPS) is 46.6. The molecule has 3 heterocycles. The van der Waals surface area contributed by atoms with E-state index in [1.807, 2.05) is 0 Å². The predicted molar refractivity (Wildman–Crippen MR) is 96.9 cm³/mol. The van der Waals surface area contributed by atoms with Gasteiger partial charge in [0, 0.05) is 0 Å². The Kier molecular flexibility index (Phi) is 5.26. The Morgan fingerprint density at radius 2 is 1.46 bits per heavy atom. The molecule has 0 aromatic heterocycles. The van der Waals surface area contributed by atoms with Crippen molar-refractivity contribution in [3.63, 3.8) is 0 Å². The van der Waals surface area contributed by atoms with Crippen molar-refractivity contribution in [2.75, 3.05) is 6.61 Å². The first-order chi connectivity index (χ1) is 11.9. The summed E-state index contributed by atoms with van der Waals surface area (Å²) >= 11 is 0. The van der Waals surface area contributed by atoms with Crippen LogP contribution in [-0.4, -0.2) is 68.7 Å². The molecular formula is C20H36O6. The summed E-state index contributed by atoms with van der Waals surface area (Å²) in [5.41, 5.74) is -2.87. The van der Waals surface area contributed by atoms with Gasteiger partial charge in [0.15, 0.2) is 0 Å². The van der Waals surface area contributed by atoms with Crippen molar-refractivity contribution in [2.45, 2.75) is 120 Å². The second-order valence-electron chi connectivity index (χ2n) is 9.78. The molecule has 6 heteroatoms. The average Bonchev–Trinajstić information content (AvgIpc) is 3.25. The zero-order valence-corrected chi connectivity index (χ0v) is 16.8. The van der Waals surface area contributed by atoms with Gasteiger partial charge in [-0.15, -0.1) is 0 Å². The van der Waals surface area contributed by atoms with Crippen LogP contribution in [0.4, 0.5) is 0 Å². The van der Waals surface area contributed by atoms with Gasteiger partial charge >= 0.3 is 0 Å². The first-order valence-electron chi connectivity index (χ1n) is 9.96. The van der Waals surface area contributed by atoms with E-state index in [1.165, 1.54) is 0 Å². The van der Waals surface area contributed by atoms with E-state index in [0.717, 1.165) is 38.5 Å². The van der Waals surface area contributed by atoms with Crippen LogP contribution in [-0.2, 0) is 14.2 Å². The largest absolute Gasteiger partial charge is 0.393 e. The van der Waals surface area contributed by atoms with Crippen molar-refractivity contribution in [3.8, 4) is 0 Å². The molecular weight excluding hydrogens is 336 g/mol. The second-order valence-corrected chi connectivity index (χ2v) is 9.78. The second kappa shape index (κ2) is 6.68. The number of hydrogen-bond donors (Lipinski definition) is 3. The minimum atomic E-state index is -1.22. The number of aliphatic hydroxyl groups excluding tert-OH is 1. The van der Waals surface area contributed by atoms with Crippen molar-refractivity contribution >= 4 is 0 Å². The lowest BCUT2D eigenvalue weighted by molar-refractivity contribution is -0.203. The fourth-order valence-electron chi connectivity index (χ4n) is 4.77. The third-order valence-electron chi connectivity index (χ3n) is 6.81. The van der Waals surface area contributed by atoms with E-state index in [2.05, 4.69) is 13.8 Å². The van der Waals surface area contributed by atoms with Crippen molar-refractivity contribution in [2.24, 2.45) is 0 Å². The molecule has 0 aromatic rings. The van der Waals surface area contributed by atoms with Gasteiger partial charge < -0.3 is 29.5 Å². The summed E-state index contributed by atoms with van der Waals surface area (Å²) in [5.74, 6) is 0. The molecule has 0 bridgehead atoms. The number of hydrogen-bond acceptors (Lipinski definition) is 6. The summed E-state index contributed by atoms with van der Waals surface area (Å²) in [4.78, 5) is 0. The van der Waals surface area contributed by atoms with E-state index in [1.54, 1.807) is 20.8 Å². The third kappa shape index (κ3) is 3.69. The third-order valence-corrected chi connectivity index (χ3v) is 6.81. The van der Waals surface area contributed by atoms with Gasteiger partial charge in [-0.05, 0) is 73.1 Å². The van der Waals surface area contributed by atoms with Crippen molar-refractivity contribution < 1.29 is 29.5 Å². The molecule has 6 nitrogen and oxygen atoms in total. The molecule has 3 rings (SSSR count). The number of ether oxygens (including phenoxy) is 3. The van der Waals surface area contributed by atoms with Crippen LogP contribution >= 0.6 is 0 Å². The molecule has 0 saturated carbocycles. The summed E-state index contributed by atoms with van der Waals surface area (Å²) in [6.07, 6.45) is 4.35. The summed E-state index contributed by atoms with van der Waals surface area (Å²) in [5, 5.41) is 29.9. The van der Waals surface area contributed by atoms with Crippen molar-refractivity contribution in [3.05, 3.63) is 0 Å². The summed E-state index contributed by atoms with van der Waals surface area (Å²) in [6, 6.07) is 0. The van der Waals surface area contributed by atoms with Gasteiger partial charge in [0.1, 0.15) is 5.60 Å². The minimum absolute atomic E-state index is 0.0270. The lowest BCUT2D eigenvalue weighted by Crippen LogP contribution is -2.48. The maximum absolute atomic E-state index is 10.3. The number of aliphatic hydroxyl groups is 3. The van der Waals surface area contributed by atoms with E-state index in [9.17, 15) is 15.3 Å². The predicted octanol–water partition coefficient (Wildman–Crippen LogP) is 1.92. The molecule has 3 aliphatic heterocycles. The molecule has 7 atom stereocenters. The van der Waals surface area contributed by atoms with Crippen LogP contribution in [0, 0.1) is 0 Å². The van der Waals surface area contributed by atoms with Crippen molar-refractivity contribution in [1.29, 1.82) is 0 Å². The Bertz CT molecular complexity index is 515. The lowest BCUT2D eigenvalue weighted by atomic mass is 9.89. The Morgan fingerprint density at radius 3 is 2.04 bits per heavy atom. The van der Waals surface area contributed by atoms with Gasteiger partial charge in [0.2, 0.25) is 0 Å². The lowest BCUT2D eigenvalue weighted by Gasteiger charge is -2.37. The van der Waals surface area contributed by atoms with Crippen LogP contribution in [0.25, 0.3) is 0 Å². The maximum atomic E-state index is 10.3. The van der Waals surface area contributed by atoms with E-state index < -0.39 is 22.4 Å². The zero-order valence-electron chi connectivity index (χ0n) is 16.8. The molecule has 0 spiro atoms. The van der Waals surface area contributed by atoms with Gasteiger partial charge in [0.25, 0.3) is 0 Å². The van der Waals surface area contributed by atoms with Crippen molar-refractivity contribution in [1.82, 2.24) is 0 Å². The zero-order chi connectivity index (χ0) is 19.4. The first-order valence-corrected chi connectivity index (χ1v) is 9.96. The van der Waals surface area contributed by atoms with Crippen LogP contribution in [0.1, 0.15) is 73.1 Å². The van der Waals surface area contributed by atoms with Gasteiger partial charge in [-0.25, -0.2) is 0 Å². The highest BCUT2D eigenvalue weighted by Crippen LogP contribution is 2.48. The molecule has 26 heavy (non-hydrogen) atoms. The van der Waals surface area contributed by atoms with Crippen LogP contribution < -0.4 is 0 Å². The topological polar surface area (TPSA) is 88.4 Å². The van der Waals surface area contributed by atoms with Gasteiger partial charge in [-0.3, -0.25) is 0 Å². The smallest absolute Gasteiger partial charge is 0.111 e. The highest BCUT2D eigenvalue weighted by Gasteiger charge is 2.55. The summed E-state index contributed by atoms with van der Waals surface area (Å²) < 4.78 is 18.9. The molecule has 0 aliphatic carbocycles. The molecule has 0 amide bonds. The molecule has 3 N–H and O–H groups in total. The van der Waals surface area contributed by atoms with Crippen LogP contribution in [0.2, 0.25) is 0 Å². The van der Waals surface area contributed by atoms with Crippen LogP contribution in [0.15, 0.2) is 0 Å². The Balaban J connectivity index is 1.63. The fraction of sp³-hybridized carbons (Fsp3) is 1.00. The van der Waals surface area contributed by atoms with Gasteiger partial charge in [-0.2, -0.15) is 0 Å². The Morgan fingerprint density at radius 1 is 0.846 bits per heavy atom. The molecule has 3 saturated heterocycles. The quantitative estimate of drug-likeness (QED) is 0.683. The number of rotatable bonds is 5. The minimum Gasteiger partial charge on any atom is -0.393 e. The van der Waals surface area contributed by atoms with E-state index in [0.29, 0.717) is 0 Å². The summed E-state index contributed by atoms with van der Waals surface area (Å²) in [6.45, 7) is 9.06. The van der Waals surface area contributed by atoms with Gasteiger partial charge in [0.05, 0.1) is 47.8 Å². The average molecular weight is 373 g/mol. The summed E-state index contributed by atoms with van der Waals surface area (Å²) in [7, 11) is 0. The first kappa shape index (κ1) is 20.5. The maximum Gasteiger partial charge on any atom is 0.111 e. The Hall–Kier alpha value is -0.240. The molecule has 3 aliphatic rings. The SMILES string of the molecule is CC(C)(O)[C@@H]1CC[C@@](C)([C@H]2CC[C@](C)([C@@H]3CC[C@@H]([C@](C)(O)CO)O3)O2)O1. The van der Waals surface area contributed by atoms with E-state index in [4.69, 9.17) is 14.2 Å². The van der Waals surface area contributed by atoms with Crippen LogP contribution in [0.3, 0.4) is 0 Å². The van der Waals surface area contributed by atoms with Gasteiger partial charge in [-0.1, -0.05) is 0 Å². The highest BCUT2D eigenvalue weighted by molar-refractivity contribution is 5.04.